The zero-order chi connectivity index (χ0) is 17.8. The summed E-state index contributed by atoms with van der Waals surface area (Å²) in [7, 11) is 1.74. The van der Waals surface area contributed by atoms with Gasteiger partial charge in [0.05, 0.1) is 0 Å². The molecule has 132 valence electrons. The number of hydrogen-bond donors (Lipinski definition) is 1. The van der Waals surface area contributed by atoms with E-state index in [0.29, 0.717) is 37.7 Å². The van der Waals surface area contributed by atoms with Gasteiger partial charge in [-0.15, -0.1) is 0 Å². The maximum atomic E-state index is 12.3. The first-order valence-electron chi connectivity index (χ1n) is 8.51. The van der Waals surface area contributed by atoms with Crippen molar-refractivity contribution < 1.29 is 9.59 Å². The Morgan fingerprint density at radius 3 is 2.76 bits per heavy atom. The number of fused-ring (bicyclic) bond motifs is 1. The van der Waals surface area contributed by atoms with Gasteiger partial charge in [0.2, 0.25) is 0 Å². The van der Waals surface area contributed by atoms with Crippen molar-refractivity contribution in [2.45, 2.75) is 13.5 Å². The van der Waals surface area contributed by atoms with Crippen LogP contribution in [0.2, 0.25) is 0 Å². The highest BCUT2D eigenvalue weighted by atomic mass is 16.2. The van der Waals surface area contributed by atoms with Gasteiger partial charge in [-0.2, -0.15) is 0 Å². The fourth-order valence-corrected chi connectivity index (χ4v) is 2.90. The van der Waals surface area contributed by atoms with Crippen LogP contribution in [0.25, 0.3) is 0 Å². The number of hydrogen-bond acceptors (Lipinski definition) is 4. The molecule has 3 rings (SSSR count). The molecule has 0 fully saturated rings. The molecule has 2 heterocycles. The molecule has 0 spiro atoms. The summed E-state index contributed by atoms with van der Waals surface area (Å²) in [5, 5.41) is 2.89. The largest absolute Gasteiger partial charge is 0.370 e. The van der Waals surface area contributed by atoms with Gasteiger partial charge in [0.15, 0.2) is 5.82 Å². The molecule has 7 heteroatoms. The number of aromatic nitrogens is 2. The Kier molecular flexibility index (Phi) is 5.02. The van der Waals surface area contributed by atoms with Crippen molar-refractivity contribution in [1.29, 1.82) is 0 Å². The summed E-state index contributed by atoms with van der Waals surface area (Å²) in [6, 6.07) is 10.1. The van der Waals surface area contributed by atoms with Crippen molar-refractivity contribution in [1.82, 2.24) is 19.8 Å². The average Bonchev–Trinajstić information content (AvgIpc) is 3.08. The monoisotopic (exact) mass is 341 g/mol. The van der Waals surface area contributed by atoms with Crippen molar-refractivity contribution in [2.24, 2.45) is 0 Å². The first-order valence-corrected chi connectivity index (χ1v) is 8.51. The zero-order valence-electron chi connectivity index (χ0n) is 14.6. The van der Waals surface area contributed by atoms with Crippen LogP contribution in [0.4, 0.5) is 5.69 Å². The molecule has 1 aliphatic rings. The Balaban J connectivity index is 1.58. The highest BCUT2D eigenvalue weighted by Crippen LogP contribution is 2.13. The van der Waals surface area contributed by atoms with Gasteiger partial charge < -0.3 is 19.7 Å². The molecule has 2 aromatic rings. The predicted molar refractivity (Wildman–Crippen MR) is 95.8 cm³/mol. The van der Waals surface area contributed by atoms with E-state index < -0.39 is 0 Å². The molecule has 25 heavy (non-hydrogen) atoms. The molecule has 0 saturated heterocycles. The Labute approximate surface area is 147 Å². The lowest BCUT2D eigenvalue weighted by Gasteiger charge is -2.23. The molecule has 7 nitrogen and oxygen atoms in total. The van der Waals surface area contributed by atoms with E-state index in [9.17, 15) is 9.59 Å². The van der Waals surface area contributed by atoms with E-state index in [-0.39, 0.29) is 11.8 Å². The lowest BCUT2D eigenvalue weighted by atomic mass is 10.3. The first-order chi connectivity index (χ1) is 12.1. The molecule has 1 aliphatic heterocycles. The van der Waals surface area contributed by atoms with Gasteiger partial charge in [-0.3, -0.25) is 9.59 Å². The third kappa shape index (κ3) is 3.65. The van der Waals surface area contributed by atoms with E-state index in [1.807, 2.05) is 18.2 Å². The number of benzene rings is 1. The quantitative estimate of drug-likeness (QED) is 0.858. The summed E-state index contributed by atoms with van der Waals surface area (Å²) in [5.74, 6) is -0.0635. The van der Waals surface area contributed by atoms with Gasteiger partial charge in [0.1, 0.15) is 5.69 Å². The molecule has 1 N–H and O–H groups in total. The van der Waals surface area contributed by atoms with Gasteiger partial charge in [-0.05, 0) is 19.1 Å². The number of carbonyl (C=O) groups excluding carboxylic acids is 2. The maximum Gasteiger partial charge on any atom is 0.289 e. The van der Waals surface area contributed by atoms with E-state index in [2.05, 4.69) is 34.3 Å². The van der Waals surface area contributed by atoms with Gasteiger partial charge >= 0.3 is 0 Å². The summed E-state index contributed by atoms with van der Waals surface area (Å²) in [6.07, 6.45) is 1.66. The third-order valence-corrected chi connectivity index (χ3v) is 4.39. The maximum absolute atomic E-state index is 12.3. The first kappa shape index (κ1) is 17.0. The summed E-state index contributed by atoms with van der Waals surface area (Å²) in [4.78, 5) is 32.4. The van der Waals surface area contributed by atoms with E-state index in [4.69, 9.17) is 0 Å². The van der Waals surface area contributed by atoms with Crippen LogP contribution in [0.1, 0.15) is 28.0 Å². The molecule has 0 saturated carbocycles. The third-order valence-electron chi connectivity index (χ3n) is 4.39. The molecule has 0 aliphatic carbocycles. The fourth-order valence-electron chi connectivity index (χ4n) is 2.90. The summed E-state index contributed by atoms with van der Waals surface area (Å²) in [6.45, 7) is 5.46. The molecule has 0 unspecified atom stereocenters. The second kappa shape index (κ2) is 7.38. The van der Waals surface area contributed by atoms with Crippen molar-refractivity contribution in [3.05, 3.63) is 48.0 Å². The van der Waals surface area contributed by atoms with Gasteiger partial charge in [-0.25, -0.2) is 4.98 Å². The second-order valence-electron chi connectivity index (χ2n) is 6.04. The molecule has 0 atom stereocenters. The van der Waals surface area contributed by atoms with Crippen molar-refractivity contribution in [2.75, 3.05) is 38.1 Å². The number of para-hydroxylation sites is 1. The van der Waals surface area contributed by atoms with Crippen LogP contribution >= 0.6 is 0 Å². The number of anilines is 1. The SMILES string of the molecule is CCN(CCNC(=O)c1cn2c(n1)C(=O)N(C)CC2)c1ccccc1. The van der Waals surface area contributed by atoms with Crippen LogP contribution in [0.15, 0.2) is 36.5 Å². The normalized spacial score (nSPS) is 13.5. The minimum Gasteiger partial charge on any atom is -0.370 e. The molecule has 2 amide bonds. The summed E-state index contributed by atoms with van der Waals surface area (Å²) in [5.41, 5.74) is 1.42. The fraction of sp³-hybridized carbons (Fsp3) is 0.389. The van der Waals surface area contributed by atoms with Crippen LogP contribution in [0.5, 0.6) is 0 Å². The summed E-state index contributed by atoms with van der Waals surface area (Å²) >= 11 is 0. The lowest BCUT2D eigenvalue weighted by molar-refractivity contribution is 0.0741. The Morgan fingerprint density at radius 1 is 1.28 bits per heavy atom. The van der Waals surface area contributed by atoms with Crippen molar-refractivity contribution in [3.63, 3.8) is 0 Å². The Morgan fingerprint density at radius 2 is 2.04 bits per heavy atom. The standard InChI is InChI=1S/C18H23N5O2/c1-3-22(14-7-5-4-6-8-14)10-9-19-17(24)15-13-23-12-11-21(2)18(25)16(23)20-15/h4-8,13H,3,9-12H2,1-2H3,(H,19,24). The highest BCUT2D eigenvalue weighted by molar-refractivity contribution is 5.96. The zero-order valence-corrected chi connectivity index (χ0v) is 14.6. The van der Waals surface area contributed by atoms with E-state index >= 15 is 0 Å². The van der Waals surface area contributed by atoms with Gasteiger partial charge in [0, 0.05) is 51.7 Å². The molecule has 1 aromatic carbocycles. The van der Waals surface area contributed by atoms with Crippen LogP contribution in [-0.4, -0.2) is 59.5 Å². The predicted octanol–water partition coefficient (Wildman–Crippen LogP) is 1.23. The summed E-state index contributed by atoms with van der Waals surface area (Å²) < 4.78 is 1.75. The van der Waals surface area contributed by atoms with E-state index in [1.54, 1.807) is 22.7 Å². The second-order valence-corrected chi connectivity index (χ2v) is 6.04. The average molecular weight is 341 g/mol. The van der Waals surface area contributed by atoms with Crippen LogP contribution in [-0.2, 0) is 6.54 Å². The van der Waals surface area contributed by atoms with Crippen molar-refractivity contribution >= 4 is 17.5 Å². The van der Waals surface area contributed by atoms with Gasteiger partial charge in [-0.1, -0.05) is 18.2 Å². The van der Waals surface area contributed by atoms with Crippen molar-refractivity contribution in [3.8, 4) is 0 Å². The highest BCUT2D eigenvalue weighted by Gasteiger charge is 2.25. The number of nitrogens with zero attached hydrogens (tertiary/aromatic N) is 4. The van der Waals surface area contributed by atoms with E-state index in [1.165, 1.54) is 0 Å². The molecular formula is C18H23N5O2. The van der Waals surface area contributed by atoms with Crippen LogP contribution < -0.4 is 10.2 Å². The number of rotatable bonds is 6. The lowest BCUT2D eigenvalue weighted by Crippen LogP contribution is -2.37. The number of carbonyl (C=O) groups is 2. The van der Waals surface area contributed by atoms with Crippen LogP contribution in [0.3, 0.4) is 0 Å². The molecule has 0 radical (unpaired) electrons. The molecule has 1 aromatic heterocycles. The number of imidazole rings is 1. The number of nitrogens with one attached hydrogen (secondary N) is 1. The molecule has 0 bridgehead atoms. The minimum absolute atomic E-state index is 0.147. The minimum atomic E-state index is -0.249. The van der Waals surface area contributed by atoms with Gasteiger partial charge in [0.25, 0.3) is 11.8 Å². The smallest absolute Gasteiger partial charge is 0.289 e. The number of likely N-dealkylation sites (N-methyl/N-ethyl adjacent to an activating group) is 2. The topological polar surface area (TPSA) is 70.5 Å². The van der Waals surface area contributed by atoms with Crippen LogP contribution in [0, 0.1) is 0 Å². The molecular weight excluding hydrogens is 318 g/mol. The van der Waals surface area contributed by atoms with E-state index in [0.717, 1.165) is 12.2 Å². The number of amides is 2. The Hall–Kier alpha value is -2.83. The Bertz CT molecular complexity index is 756.